The van der Waals surface area contributed by atoms with E-state index in [9.17, 15) is 14.4 Å². The van der Waals surface area contributed by atoms with Gasteiger partial charge in [-0.15, -0.1) is 0 Å². The Morgan fingerprint density at radius 1 is 1.33 bits per heavy atom. The molecule has 3 amide bonds. The highest BCUT2D eigenvalue weighted by molar-refractivity contribution is 6.31. The SMILES string of the molecule is CNC(=O)CCN(C)C(=O)Nc1cc(Cl)ccc1C(=O)O. The van der Waals surface area contributed by atoms with Crippen molar-refractivity contribution in [1.29, 1.82) is 0 Å². The summed E-state index contributed by atoms with van der Waals surface area (Å²) in [5, 5.41) is 14.3. The Bertz CT molecular complexity index is 562. The molecule has 0 heterocycles. The fourth-order valence-electron chi connectivity index (χ4n) is 1.51. The zero-order valence-corrected chi connectivity index (χ0v) is 12.4. The number of halogens is 1. The molecule has 3 N–H and O–H groups in total. The third-order valence-electron chi connectivity index (χ3n) is 2.75. The fourth-order valence-corrected chi connectivity index (χ4v) is 1.68. The number of carbonyl (C=O) groups excluding carboxylic acids is 2. The molecule has 0 aliphatic rings. The quantitative estimate of drug-likeness (QED) is 0.769. The first kappa shape index (κ1) is 16.8. The van der Waals surface area contributed by atoms with E-state index in [2.05, 4.69) is 10.6 Å². The normalized spacial score (nSPS) is 9.86. The molecule has 1 aromatic carbocycles. The summed E-state index contributed by atoms with van der Waals surface area (Å²) in [6.45, 7) is 0.203. The minimum absolute atomic E-state index is 0.0625. The number of nitrogens with one attached hydrogen (secondary N) is 2. The minimum atomic E-state index is -1.17. The molecule has 0 bridgehead atoms. The van der Waals surface area contributed by atoms with Crippen LogP contribution in [0.3, 0.4) is 0 Å². The molecule has 1 rings (SSSR count). The molecule has 114 valence electrons. The first-order valence-corrected chi connectivity index (χ1v) is 6.48. The number of rotatable bonds is 5. The number of carbonyl (C=O) groups is 3. The number of hydrogen-bond acceptors (Lipinski definition) is 3. The first-order chi connectivity index (χ1) is 9.85. The van der Waals surface area contributed by atoms with Gasteiger partial charge in [0.2, 0.25) is 5.91 Å². The lowest BCUT2D eigenvalue weighted by atomic mass is 10.2. The maximum Gasteiger partial charge on any atom is 0.337 e. The lowest BCUT2D eigenvalue weighted by Crippen LogP contribution is -2.34. The molecule has 0 aliphatic carbocycles. The molecule has 0 fully saturated rings. The topological polar surface area (TPSA) is 98.7 Å². The van der Waals surface area contributed by atoms with Gasteiger partial charge in [0.05, 0.1) is 11.3 Å². The summed E-state index contributed by atoms with van der Waals surface area (Å²) in [6.07, 6.45) is 0.155. The van der Waals surface area contributed by atoms with Gasteiger partial charge in [-0.25, -0.2) is 9.59 Å². The van der Waals surface area contributed by atoms with E-state index in [1.807, 2.05) is 0 Å². The number of anilines is 1. The maximum absolute atomic E-state index is 11.9. The van der Waals surface area contributed by atoms with E-state index in [0.717, 1.165) is 0 Å². The summed E-state index contributed by atoms with van der Waals surface area (Å²) >= 11 is 5.80. The van der Waals surface area contributed by atoms with E-state index in [1.165, 1.54) is 37.2 Å². The first-order valence-electron chi connectivity index (χ1n) is 6.10. The van der Waals surface area contributed by atoms with Gasteiger partial charge in [0, 0.05) is 32.1 Å². The molecule has 0 aliphatic heterocycles. The number of benzene rings is 1. The lowest BCUT2D eigenvalue weighted by Gasteiger charge is -2.18. The van der Waals surface area contributed by atoms with Gasteiger partial charge in [-0.1, -0.05) is 11.6 Å². The van der Waals surface area contributed by atoms with E-state index >= 15 is 0 Å². The Balaban J connectivity index is 2.76. The van der Waals surface area contributed by atoms with E-state index < -0.39 is 12.0 Å². The van der Waals surface area contributed by atoms with Crippen molar-refractivity contribution in [3.8, 4) is 0 Å². The molecule has 0 atom stereocenters. The summed E-state index contributed by atoms with van der Waals surface area (Å²) in [5.41, 5.74) is 0.0410. The van der Waals surface area contributed by atoms with Gasteiger partial charge in [-0.05, 0) is 18.2 Å². The van der Waals surface area contributed by atoms with Crippen molar-refractivity contribution in [2.75, 3.05) is 26.0 Å². The van der Waals surface area contributed by atoms with Gasteiger partial charge >= 0.3 is 12.0 Å². The Labute approximate surface area is 126 Å². The van der Waals surface area contributed by atoms with Crippen LogP contribution in [0, 0.1) is 0 Å². The van der Waals surface area contributed by atoms with Crippen molar-refractivity contribution >= 4 is 35.2 Å². The summed E-state index contributed by atoms with van der Waals surface area (Å²) in [5.74, 6) is -1.36. The smallest absolute Gasteiger partial charge is 0.337 e. The van der Waals surface area contributed by atoms with Crippen LogP contribution in [0.5, 0.6) is 0 Å². The molecule has 0 radical (unpaired) electrons. The molecule has 0 aromatic heterocycles. The Hall–Kier alpha value is -2.28. The number of urea groups is 1. The van der Waals surface area contributed by atoms with Crippen LogP contribution in [0.1, 0.15) is 16.8 Å². The van der Waals surface area contributed by atoms with Crippen LogP contribution in [-0.2, 0) is 4.79 Å². The lowest BCUT2D eigenvalue weighted by molar-refractivity contribution is -0.120. The molecule has 21 heavy (non-hydrogen) atoms. The van der Waals surface area contributed by atoms with Crippen LogP contribution in [0.25, 0.3) is 0 Å². The molecule has 0 saturated heterocycles. The standard InChI is InChI=1S/C13H16ClN3O4/c1-15-11(18)5-6-17(2)13(21)16-10-7-8(14)3-4-9(10)12(19)20/h3-4,7H,5-6H2,1-2H3,(H,15,18)(H,16,21)(H,19,20). The number of hydrogen-bond donors (Lipinski definition) is 3. The average molecular weight is 314 g/mol. The maximum atomic E-state index is 11.9. The van der Waals surface area contributed by atoms with Crippen molar-refractivity contribution in [2.24, 2.45) is 0 Å². The number of carboxylic acid groups (broad SMARTS) is 1. The number of nitrogens with zero attached hydrogens (tertiary/aromatic N) is 1. The third-order valence-corrected chi connectivity index (χ3v) is 2.99. The van der Waals surface area contributed by atoms with Crippen molar-refractivity contribution in [2.45, 2.75) is 6.42 Å². The van der Waals surface area contributed by atoms with Gasteiger partial charge < -0.3 is 20.6 Å². The predicted molar refractivity (Wildman–Crippen MR) is 78.7 cm³/mol. The van der Waals surface area contributed by atoms with Crippen molar-refractivity contribution in [3.63, 3.8) is 0 Å². The fraction of sp³-hybridized carbons (Fsp3) is 0.308. The Morgan fingerprint density at radius 2 is 2.00 bits per heavy atom. The average Bonchev–Trinajstić information content (AvgIpc) is 2.43. The molecule has 7 nitrogen and oxygen atoms in total. The highest BCUT2D eigenvalue weighted by Crippen LogP contribution is 2.21. The van der Waals surface area contributed by atoms with Crippen LogP contribution in [0.15, 0.2) is 18.2 Å². The number of aromatic carboxylic acids is 1. The molecule has 0 unspecified atom stereocenters. The van der Waals surface area contributed by atoms with E-state index in [4.69, 9.17) is 16.7 Å². The van der Waals surface area contributed by atoms with Crippen LogP contribution in [-0.4, -0.2) is 48.6 Å². The third kappa shape index (κ3) is 4.96. The minimum Gasteiger partial charge on any atom is -0.478 e. The molecule has 1 aromatic rings. The van der Waals surface area contributed by atoms with Crippen molar-refractivity contribution < 1.29 is 19.5 Å². The summed E-state index contributed by atoms with van der Waals surface area (Å²) < 4.78 is 0. The molecule has 8 heteroatoms. The molecule has 0 spiro atoms. The second-order valence-electron chi connectivity index (χ2n) is 4.27. The highest BCUT2D eigenvalue weighted by Gasteiger charge is 2.15. The molecular weight excluding hydrogens is 298 g/mol. The Kier molecular flexibility index (Phi) is 5.98. The van der Waals surface area contributed by atoms with Gasteiger partial charge in [0.25, 0.3) is 0 Å². The molecule has 0 saturated carbocycles. The predicted octanol–water partition coefficient (Wildman–Crippen LogP) is 1.64. The summed E-state index contributed by atoms with van der Waals surface area (Å²) in [7, 11) is 3.01. The van der Waals surface area contributed by atoms with E-state index in [0.29, 0.717) is 5.02 Å². The van der Waals surface area contributed by atoms with Gasteiger partial charge in [0.15, 0.2) is 0 Å². The van der Waals surface area contributed by atoms with Crippen LogP contribution < -0.4 is 10.6 Å². The van der Waals surface area contributed by atoms with E-state index in [-0.39, 0.29) is 30.1 Å². The van der Waals surface area contributed by atoms with Gasteiger partial charge in [-0.3, -0.25) is 4.79 Å². The zero-order chi connectivity index (χ0) is 16.0. The molecular formula is C13H16ClN3O4. The van der Waals surface area contributed by atoms with E-state index in [1.54, 1.807) is 0 Å². The Morgan fingerprint density at radius 3 is 2.57 bits per heavy atom. The largest absolute Gasteiger partial charge is 0.478 e. The van der Waals surface area contributed by atoms with Crippen LogP contribution >= 0.6 is 11.6 Å². The summed E-state index contributed by atoms with van der Waals surface area (Å²) in [6, 6.07) is 3.57. The van der Waals surface area contributed by atoms with Crippen LogP contribution in [0.4, 0.5) is 10.5 Å². The van der Waals surface area contributed by atoms with Gasteiger partial charge in [0.1, 0.15) is 0 Å². The number of carboxylic acids is 1. The van der Waals surface area contributed by atoms with Crippen molar-refractivity contribution in [1.82, 2.24) is 10.2 Å². The van der Waals surface area contributed by atoms with Crippen molar-refractivity contribution in [3.05, 3.63) is 28.8 Å². The monoisotopic (exact) mass is 313 g/mol. The second-order valence-corrected chi connectivity index (χ2v) is 4.71. The summed E-state index contributed by atoms with van der Waals surface area (Å²) in [4.78, 5) is 35.4. The number of amides is 3. The highest BCUT2D eigenvalue weighted by atomic mass is 35.5. The second kappa shape index (κ2) is 7.49. The van der Waals surface area contributed by atoms with Gasteiger partial charge in [-0.2, -0.15) is 0 Å². The van der Waals surface area contributed by atoms with Crippen LogP contribution in [0.2, 0.25) is 5.02 Å². The zero-order valence-electron chi connectivity index (χ0n) is 11.6.